The van der Waals surface area contributed by atoms with Crippen LogP contribution in [0.25, 0.3) is 0 Å². The summed E-state index contributed by atoms with van der Waals surface area (Å²) in [5.41, 5.74) is 0. The van der Waals surface area contributed by atoms with Crippen LogP contribution >= 0.6 is 0 Å². The largest absolute Gasteiger partial charge is 0.491 e. The predicted molar refractivity (Wildman–Crippen MR) is 194 cm³/mol. The molecule has 1 aliphatic carbocycles. The molecule has 272 valence electrons. The third-order valence-corrected chi connectivity index (χ3v) is 9.39. The van der Waals surface area contributed by atoms with Crippen molar-refractivity contribution in [2.75, 3.05) is 20.3 Å². The second-order valence-corrected chi connectivity index (χ2v) is 13.4. The molecule has 0 unspecified atom stereocenters. The van der Waals surface area contributed by atoms with Crippen molar-refractivity contribution in [3.8, 4) is 5.75 Å². The van der Waals surface area contributed by atoms with Gasteiger partial charge in [0, 0.05) is 32.8 Å². The lowest BCUT2D eigenvalue weighted by Gasteiger charge is -2.26. The van der Waals surface area contributed by atoms with Crippen molar-refractivity contribution in [3.63, 3.8) is 0 Å². The molecule has 7 heteroatoms. The Kier molecular flexibility index (Phi) is 23.5. The molecular weight excluding hydrogens is 604 g/mol. The molecule has 7 nitrogen and oxygen atoms in total. The number of benzene rings is 1. The number of rotatable bonds is 28. The van der Waals surface area contributed by atoms with Gasteiger partial charge in [-0.15, -0.1) is 0 Å². The lowest BCUT2D eigenvalue weighted by Crippen LogP contribution is -2.28. The number of ether oxygens (including phenoxy) is 4. The zero-order valence-electron chi connectivity index (χ0n) is 30.3. The highest BCUT2D eigenvalue weighted by Crippen LogP contribution is 2.40. The fourth-order valence-corrected chi connectivity index (χ4v) is 6.57. The smallest absolute Gasteiger partial charge is 0.305 e. The number of unbranched alkanes of at least 4 members (excludes halogenated alkanes) is 11. The fourth-order valence-electron chi connectivity index (χ4n) is 6.57. The lowest BCUT2D eigenvalue weighted by atomic mass is 9.86. The lowest BCUT2D eigenvalue weighted by molar-refractivity contribution is -0.148. The second kappa shape index (κ2) is 27.2. The minimum atomic E-state index is -0.535. The van der Waals surface area contributed by atoms with Crippen molar-refractivity contribution in [1.29, 1.82) is 0 Å². The van der Waals surface area contributed by atoms with Gasteiger partial charge in [-0.3, -0.25) is 9.59 Å². The zero-order chi connectivity index (χ0) is 34.7. The Bertz CT molecular complexity index is 1010. The van der Waals surface area contributed by atoms with E-state index in [-0.39, 0.29) is 36.0 Å². The first-order chi connectivity index (χ1) is 23.4. The van der Waals surface area contributed by atoms with Gasteiger partial charge in [-0.1, -0.05) is 94.4 Å². The number of methoxy groups -OCH3 is 1. The van der Waals surface area contributed by atoms with E-state index in [4.69, 9.17) is 18.9 Å². The Morgan fingerprint density at radius 3 is 2.19 bits per heavy atom. The van der Waals surface area contributed by atoms with E-state index in [1.807, 2.05) is 30.3 Å². The van der Waals surface area contributed by atoms with Gasteiger partial charge < -0.3 is 24.1 Å². The quantitative estimate of drug-likeness (QED) is 0.0539. The van der Waals surface area contributed by atoms with E-state index in [2.05, 4.69) is 31.2 Å². The van der Waals surface area contributed by atoms with Crippen LogP contribution in [0.5, 0.6) is 5.75 Å². The normalized spacial score (nSPS) is 20.0. The standard InChI is InChI=1S/C41H66O7/c1-4-5-6-7-8-9-10-11-12-13-14-15-18-24-31-46-41(44)28-23-17-16-22-27-37-38(40(32-39(37)43)48-34(2)42)30-29-36(45-3)33-47-35-25-20-19-21-26-35/h9-10,16,19-22,25-26,36-40,43H,4-8,11-15,17-18,23-24,27-33H2,1-3H3/b10-9+,22-16-/t36-,37-,38-,39+,40-/m1/s1. The van der Waals surface area contributed by atoms with Crippen LogP contribution in [-0.2, 0) is 23.8 Å². The summed E-state index contributed by atoms with van der Waals surface area (Å²) >= 11 is 0. The Morgan fingerprint density at radius 2 is 1.50 bits per heavy atom. The van der Waals surface area contributed by atoms with E-state index in [9.17, 15) is 14.7 Å². The summed E-state index contributed by atoms with van der Waals surface area (Å²) in [6.45, 7) is 4.62. The van der Waals surface area contributed by atoms with Crippen molar-refractivity contribution in [2.45, 2.75) is 154 Å². The minimum Gasteiger partial charge on any atom is -0.491 e. The zero-order valence-corrected chi connectivity index (χ0v) is 30.3. The van der Waals surface area contributed by atoms with Crippen molar-refractivity contribution in [1.82, 2.24) is 0 Å². The van der Waals surface area contributed by atoms with Gasteiger partial charge in [-0.2, -0.15) is 0 Å². The van der Waals surface area contributed by atoms with Gasteiger partial charge >= 0.3 is 11.9 Å². The summed E-state index contributed by atoms with van der Waals surface area (Å²) in [7, 11) is 1.68. The SMILES string of the molecule is CCCCCC/C=C/CCCCCCCCOC(=O)CCC/C=C\C[C@@H]1[C@@H](CC[C@H](COc2ccccc2)OC)[C@H](OC(C)=O)C[C@@H]1O. The van der Waals surface area contributed by atoms with Gasteiger partial charge in [0.15, 0.2) is 0 Å². The number of esters is 2. The molecular formula is C41H66O7. The highest BCUT2D eigenvalue weighted by molar-refractivity contribution is 5.69. The molecule has 0 heterocycles. The van der Waals surface area contributed by atoms with E-state index < -0.39 is 6.10 Å². The van der Waals surface area contributed by atoms with Crippen LogP contribution in [0.2, 0.25) is 0 Å². The number of carbonyl (C=O) groups excluding carboxylic acids is 2. The number of hydrogen-bond donors (Lipinski definition) is 1. The minimum absolute atomic E-state index is 0.00921. The summed E-state index contributed by atoms with van der Waals surface area (Å²) < 4.78 is 22.7. The number of allylic oxidation sites excluding steroid dienone is 4. The summed E-state index contributed by atoms with van der Waals surface area (Å²) in [6, 6.07) is 9.66. The van der Waals surface area contributed by atoms with E-state index in [1.165, 1.54) is 71.1 Å². The molecule has 0 saturated heterocycles. The van der Waals surface area contributed by atoms with Crippen LogP contribution in [0.3, 0.4) is 0 Å². The number of para-hydroxylation sites is 1. The summed E-state index contributed by atoms with van der Waals surface area (Å²) in [5, 5.41) is 10.9. The molecule has 2 rings (SSSR count). The van der Waals surface area contributed by atoms with E-state index >= 15 is 0 Å². The molecule has 1 saturated carbocycles. The molecule has 0 amide bonds. The number of aliphatic hydroxyl groups is 1. The van der Waals surface area contributed by atoms with E-state index in [1.54, 1.807) is 7.11 Å². The van der Waals surface area contributed by atoms with Crippen molar-refractivity contribution in [3.05, 3.63) is 54.6 Å². The molecule has 0 aromatic heterocycles. The predicted octanol–water partition coefficient (Wildman–Crippen LogP) is 9.71. The molecule has 5 atom stereocenters. The highest BCUT2D eigenvalue weighted by Gasteiger charge is 2.43. The molecule has 1 aromatic carbocycles. The van der Waals surface area contributed by atoms with Crippen LogP contribution in [0.4, 0.5) is 0 Å². The summed E-state index contributed by atoms with van der Waals surface area (Å²) in [6.07, 6.45) is 27.3. The molecule has 0 radical (unpaired) electrons. The van der Waals surface area contributed by atoms with Crippen LogP contribution in [-0.4, -0.2) is 55.7 Å². The van der Waals surface area contributed by atoms with E-state index in [0.717, 1.165) is 44.3 Å². The summed E-state index contributed by atoms with van der Waals surface area (Å²) in [5.74, 6) is 0.380. The molecule has 1 aromatic rings. The van der Waals surface area contributed by atoms with Crippen LogP contribution < -0.4 is 4.74 Å². The van der Waals surface area contributed by atoms with Gasteiger partial charge in [0.2, 0.25) is 0 Å². The average Bonchev–Trinajstić information content (AvgIpc) is 3.37. The first kappa shape index (κ1) is 41.5. The third-order valence-electron chi connectivity index (χ3n) is 9.39. The van der Waals surface area contributed by atoms with Crippen LogP contribution in [0.15, 0.2) is 54.6 Å². The second-order valence-electron chi connectivity index (χ2n) is 13.4. The van der Waals surface area contributed by atoms with Crippen molar-refractivity contribution < 1.29 is 33.6 Å². The van der Waals surface area contributed by atoms with Gasteiger partial charge in [-0.25, -0.2) is 0 Å². The summed E-state index contributed by atoms with van der Waals surface area (Å²) in [4.78, 5) is 24.0. The number of carbonyl (C=O) groups is 2. The first-order valence-corrected chi connectivity index (χ1v) is 19.0. The topological polar surface area (TPSA) is 91.3 Å². The van der Waals surface area contributed by atoms with Gasteiger partial charge in [0.1, 0.15) is 18.5 Å². The number of aliphatic hydroxyl groups excluding tert-OH is 1. The Balaban J connectivity index is 1.57. The Labute approximate surface area is 291 Å². The fraction of sp³-hybridized carbons (Fsp3) is 0.707. The van der Waals surface area contributed by atoms with Gasteiger partial charge in [0.05, 0.1) is 18.8 Å². The monoisotopic (exact) mass is 670 g/mol. The molecule has 48 heavy (non-hydrogen) atoms. The number of hydrogen-bond acceptors (Lipinski definition) is 7. The Morgan fingerprint density at radius 1 is 0.854 bits per heavy atom. The molecule has 0 aliphatic heterocycles. The maximum atomic E-state index is 12.2. The van der Waals surface area contributed by atoms with Crippen LogP contribution in [0.1, 0.15) is 136 Å². The maximum Gasteiger partial charge on any atom is 0.305 e. The van der Waals surface area contributed by atoms with Crippen LogP contribution in [0, 0.1) is 11.8 Å². The van der Waals surface area contributed by atoms with E-state index in [0.29, 0.717) is 32.5 Å². The first-order valence-electron chi connectivity index (χ1n) is 19.0. The molecule has 1 aliphatic rings. The molecule has 0 bridgehead atoms. The van der Waals surface area contributed by atoms with Crippen molar-refractivity contribution >= 4 is 11.9 Å². The Hall–Kier alpha value is -2.64. The maximum absolute atomic E-state index is 12.2. The van der Waals surface area contributed by atoms with Gasteiger partial charge in [-0.05, 0) is 82.3 Å². The highest BCUT2D eigenvalue weighted by atomic mass is 16.5. The molecule has 1 N–H and O–H groups in total. The third kappa shape index (κ3) is 19.4. The average molecular weight is 671 g/mol. The van der Waals surface area contributed by atoms with Crippen molar-refractivity contribution in [2.24, 2.45) is 11.8 Å². The molecule has 0 spiro atoms. The van der Waals surface area contributed by atoms with Gasteiger partial charge in [0.25, 0.3) is 0 Å². The molecule has 1 fully saturated rings.